The highest BCUT2D eigenvalue weighted by atomic mass is 35.5. The Morgan fingerprint density at radius 2 is 1.95 bits per heavy atom. The van der Waals surface area contributed by atoms with Crippen molar-refractivity contribution in [1.29, 1.82) is 0 Å². The zero-order chi connectivity index (χ0) is 15.5. The van der Waals surface area contributed by atoms with Gasteiger partial charge in [0.2, 0.25) is 0 Å². The van der Waals surface area contributed by atoms with Crippen LogP contribution in [0.2, 0.25) is 5.02 Å². The van der Waals surface area contributed by atoms with E-state index in [-0.39, 0.29) is 0 Å². The van der Waals surface area contributed by atoms with Gasteiger partial charge in [0.1, 0.15) is 0 Å². The first-order valence-corrected chi connectivity index (χ1v) is 8.16. The summed E-state index contributed by atoms with van der Waals surface area (Å²) >= 11 is 5.84. The molecule has 0 amide bonds. The van der Waals surface area contributed by atoms with Crippen molar-refractivity contribution in [1.82, 2.24) is 5.32 Å². The van der Waals surface area contributed by atoms with Crippen molar-refractivity contribution in [2.75, 3.05) is 26.3 Å². The Labute approximate surface area is 133 Å². The van der Waals surface area contributed by atoms with E-state index in [1.807, 2.05) is 24.3 Å². The minimum absolute atomic E-state index is 0.409. The van der Waals surface area contributed by atoms with Crippen molar-refractivity contribution in [3.05, 3.63) is 34.9 Å². The topological polar surface area (TPSA) is 41.5 Å². The molecule has 0 aliphatic heterocycles. The van der Waals surface area contributed by atoms with E-state index in [1.54, 1.807) is 0 Å². The highest BCUT2D eigenvalue weighted by molar-refractivity contribution is 6.30. The first-order chi connectivity index (χ1) is 10.1. The molecule has 0 aliphatic rings. The summed E-state index contributed by atoms with van der Waals surface area (Å²) in [5, 5.41) is 13.8. The highest BCUT2D eigenvalue weighted by Crippen LogP contribution is 2.09. The van der Waals surface area contributed by atoms with E-state index in [0.717, 1.165) is 31.0 Å². The molecule has 0 aliphatic carbocycles. The molecule has 0 saturated heterocycles. The molecule has 21 heavy (non-hydrogen) atoms. The summed E-state index contributed by atoms with van der Waals surface area (Å²) in [5.41, 5.74) is 1.24. The van der Waals surface area contributed by atoms with E-state index in [9.17, 15) is 5.11 Å². The Bertz CT molecular complexity index is 368. The van der Waals surface area contributed by atoms with Gasteiger partial charge >= 0.3 is 0 Å². The molecule has 0 saturated carbocycles. The molecular formula is C17H28ClNO2. The van der Waals surface area contributed by atoms with Gasteiger partial charge in [0, 0.05) is 18.2 Å². The molecule has 1 aromatic carbocycles. The molecule has 2 N–H and O–H groups in total. The van der Waals surface area contributed by atoms with Gasteiger partial charge in [0.05, 0.1) is 12.7 Å². The predicted octanol–water partition coefficient (Wildman–Crippen LogP) is 3.29. The standard InChI is InChI=1S/C17H28ClNO2/c1-14(2)4-3-11-21-13-17(20)12-19-10-9-15-5-7-16(18)8-6-15/h5-8,14,17,19-20H,3-4,9-13H2,1-2H3. The van der Waals surface area contributed by atoms with Crippen LogP contribution in [0.3, 0.4) is 0 Å². The van der Waals surface area contributed by atoms with Crippen LogP contribution in [0.5, 0.6) is 0 Å². The van der Waals surface area contributed by atoms with Crippen molar-refractivity contribution in [3.63, 3.8) is 0 Å². The monoisotopic (exact) mass is 313 g/mol. The van der Waals surface area contributed by atoms with Crippen LogP contribution in [0.1, 0.15) is 32.3 Å². The molecule has 1 rings (SSSR count). The smallest absolute Gasteiger partial charge is 0.0897 e. The molecular weight excluding hydrogens is 286 g/mol. The molecule has 1 atom stereocenters. The number of nitrogens with one attached hydrogen (secondary N) is 1. The number of rotatable bonds is 11. The molecule has 120 valence electrons. The fraction of sp³-hybridized carbons (Fsp3) is 0.647. The van der Waals surface area contributed by atoms with Gasteiger partial charge in [-0.25, -0.2) is 0 Å². The SMILES string of the molecule is CC(C)CCCOCC(O)CNCCc1ccc(Cl)cc1. The highest BCUT2D eigenvalue weighted by Gasteiger charge is 2.04. The lowest BCUT2D eigenvalue weighted by Crippen LogP contribution is -2.31. The van der Waals surface area contributed by atoms with E-state index in [4.69, 9.17) is 16.3 Å². The normalized spacial score (nSPS) is 12.8. The van der Waals surface area contributed by atoms with Crippen LogP contribution in [0, 0.1) is 5.92 Å². The molecule has 0 aromatic heterocycles. The Kier molecular flexibility index (Phi) is 9.68. The lowest BCUT2D eigenvalue weighted by molar-refractivity contribution is 0.0349. The van der Waals surface area contributed by atoms with E-state index in [0.29, 0.717) is 19.1 Å². The molecule has 1 aromatic rings. The molecule has 0 radical (unpaired) electrons. The van der Waals surface area contributed by atoms with Crippen molar-refractivity contribution in [2.24, 2.45) is 5.92 Å². The van der Waals surface area contributed by atoms with Crippen LogP contribution in [-0.2, 0) is 11.2 Å². The maximum atomic E-state index is 9.79. The minimum Gasteiger partial charge on any atom is -0.389 e. The lowest BCUT2D eigenvalue weighted by Gasteiger charge is -2.13. The van der Waals surface area contributed by atoms with Crippen LogP contribution in [-0.4, -0.2) is 37.5 Å². The van der Waals surface area contributed by atoms with E-state index >= 15 is 0 Å². The summed E-state index contributed by atoms with van der Waals surface area (Å²) in [7, 11) is 0. The van der Waals surface area contributed by atoms with Crippen molar-refractivity contribution < 1.29 is 9.84 Å². The van der Waals surface area contributed by atoms with Crippen molar-refractivity contribution >= 4 is 11.6 Å². The fourth-order valence-electron chi connectivity index (χ4n) is 2.02. The zero-order valence-corrected chi connectivity index (χ0v) is 13.9. The van der Waals surface area contributed by atoms with E-state index in [2.05, 4.69) is 19.2 Å². The van der Waals surface area contributed by atoms with E-state index < -0.39 is 6.10 Å². The summed E-state index contributed by atoms with van der Waals surface area (Å²) in [6.07, 6.45) is 2.73. The van der Waals surface area contributed by atoms with Crippen LogP contribution in [0.4, 0.5) is 0 Å². The number of benzene rings is 1. The minimum atomic E-state index is -0.436. The van der Waals surface area contributed by atoms with Crippen LogP contribution < -0.4 is 5.32 Å². The molecule has 0 fully saturated rings. The molecule has 0 spiro atoms. The molecule has 1 unspecified atom stereocenters. The summed E-state index contributed by atoms with van der Waals surface area (Å²) in [4.78, 5) is 0. The average molecular weight is 314 g/mol. The molecule has 3 nitrogen and oxygen atoms in total. The Morgan fingerprint density at radius 1 is 1.24 bits per heavy atom. The van der Waals surface area contributed by atoms with Crippen LogP contribution in [0.15, 0.2) is 24.3 Å². The van der Waals surface area contributed by atoms with Gasteiger partial charge in [-0.1, -0.05) is 37.6 Å². The summed E-state index contributed by atoms with van der Waals surface area (Å²) in [6.45, 7) is 6.97. The third kappa shape index (κ3) is 9.86. The molecule has 0 heterocycles. The van der Waals surface area contributed by atoms with Gasteiger partial charge in [-0.15, -0.1) is 0 Å². The first-order valence-electron chi connectivity index (χ1n) is 7.79. The third-order valence-electron chi connectivity index (χ3n) is 3.26. The number of aliphatic hydroxyl groups excluding tert-OH is 1. The van der Waals surface area contributed by atoms with Gasteiger partial charge in [0.15, 0.2) is 0 Å². The fourth-order valence-corrected chi connectivity index (χ4v) is 2.15. The number of ether oxygens (including phenoxy) is 1. The van der Waals surface area contributed by atoms with Crippen molar-refractivity contribution in [2.45, 2.75) is 39.2 Å². The van der Waals surface area contributed by atoms with Gasteiger partial charge in [-0.05, 0) is 49.4 Å². The Balaban J connectivity index is 1.98. The zero-order valence-electron chi connectivity index (χ0n) is 13.1. The Hall–Kier alpha value is -0.610. The average Bonchev–Trinajstić information content (AvgIpc) is 2.45. The van der Waals surface area contributed by atoms with Crippen LogP contribution >= 0.6 is 11.6 Å². The third-order valence-corrected chi connectivity index (χ3v) is 3.52. The van der Waals surface area contributed by atoms with Crippen molar-refractivity contribution in [3.8, 4) is 0 Å². The number of hydrogen-bond donors (Lipinski definition) is 2. The largest absolute Gasteiger partial charge is 0.389 e. The summed E-state index contributed by atoms with van der Waals surface area (Å²) in [5.74, 6) is 0.716. The number of hydrogen-bond acceptors (Lipinski definition) is 3. The second kappa shape index (κ2) is 11.0. The summed E-state index contributed by atoms with van der Waals surface area (Å²) < 4.78 is 5.47. The maximum Gasteiger partial charge on any atom is 0.0897 e. The van der Waals surface area contributed by atoms with Gasteiger partial charge in [0.25, 0.3) is 0 Å². The predicted molar refractivity (Wildman–Crippen MR) is 88.9 cm³/mol. The number of aliphatic hydroxyl groups is 1. The van der Waals surface area contributed by atoms with Crippen LogP contribution in [0.25, 0.3) is 0 Å². The molecule has 4 heteroatoms. The quantitative estimate of drug-likeness (QED) is 0.616. The first kappa shape index (κ1) is 18.4. The lowest BCUT2D eigenvalue weighted by atomic mass is 10.1. The number of halogens is 1. The van der Waals surface area contributed by atoms with Gasteiger partial charge < -0.3 is 15.2 Å². The van der Waals surface area contributed by atoms with E-state index in [1.165, 1.54) is 12.0 Å². The van der Waals surface area contributed by atoms with Gasteiger partial charge in [-0.2, -0.15) is 0 Å². The molecule has 0 bridgehead atoms. The summed E-state index contributed by atoms with van der Waals surface area (Å²) in [6, 6.07) is 7.85. The van der Waals surface area contributed by atoms with Gasteiger partial charge in [-0.3, -0.25) is 0 Å². The second-order valence-electron chi connectivity index (χ2n) is 5.85. The maximum absolute atomic E-state index is 9.79. The second-order valence-corrected chi connectivity index (χ2v) is 6.28. The Morgan fingerprint density at radius 3 is 2.62 bits per heavy atom.